The molecule has 0 spiro atoms. The number of aryl methyl sites for hydroxylation is 1. The van der Waals surface area contributed by atoms with Crippen LogP contribution in [0.4, 0.5) is 0 Å². The molecular weight excluding hydrogens is 256 g/mol. The predicted octanol–water partition coefficient (Wildman–Crippen LogP) is 4.35. The molecule has 3 heteroatoms. The first kappa shape index (κ1) is 13.6. The van der Waals surface area contributed by atoms with Gasteiger partial charge >= 0.3 is 0 Å². The first-order valence-corrected chi connectivity index (χ1v) is 7.08. The molecule has 0 aliphatic carbocycles. The lowest BCUT2D eigenvalue weighted by Crippen LogP contribution is -1.95. The van der Waals surface area contributed by atoms with Crippen LogP contribution in [0.25, 0.3) is 6.08 Å². The van der Waals surface area contributed by atoms with Crippen LogP contribution in [-0.4, -0.2) is 12.4 Å². The molecule has 0 amide bonds. The molecule has 0 aliphatic heterocycles. The van der Waals surface area contributed by atoms with Crippen molar-refractivity contribution >= 4 is 23.2 Å². The Labute approximate surface area is 117 Å². The number of carbonyl (C=O) groups is 1. The van der Waals surface area contributed by atoms with Crippen molar-refractivity contribution in [2.75, 3.05) is 6.61 Å². The quantitative estimate of drug-likeness (QED) is 0.597. The van der Waals surface area contributed by atoms with E-state index >= 15 is 0 Å². The number of carbonyl (C=O) groups excluding carboxylic acids is 1. The number of ether oxygens (including phenoxy) is 1. The smallest absolute Gasteiger partial charge is 0.185 e. The van der Waals surface area contributed by atoms with Gasteiger partial charge in [-0.1, -0.05) is 0 Å². The average Bonchev–Trinajstić information content (AvgIpc) is 2.83. The van der Waals surface area contributed by atoms with Crippen LogP contribution in [0, 0.1) is 6.92 Å². The Morgan fingerprint density at radius 3 is 2.58 bits per heavy atom. The maximum atomic E-state index is 12.0. The zero-order valence-corrected chi connectivity index (χ0v) is 11.9. The number of ketones is 1. The summed E-state index contributed by atoms with van der Waals surface area (Å²) in [6, 6.07) is 9.27. The average molecular weight is 272 g/mol. The van der Waals surface area contributed by atoms with E-state index in [1.807, 2.05) is 43.5 Å². The minimum atomic E-state index is 0.0100. The molecule has 1 heterocycles. The molecular formula is C16H16O2S. The Kier molecular flexibility index (Phi) is 4.53. The van der Waals surface area contributed by atoms with E-state index in [9.17, 15) is 4.79 Å². The van der Waals surface area contributed by atoms with Crippen molar-refractivity contribution in [1.82, 2.24) is 0 Å². The first-order chi connectivity index (χ1) is 9.20. The van der Waals surface area contributed by atoms with Crippen molar-refractivity contribution in [2.24, 2.45) is 0 Å². The van der Waals surface area contributed by atoms with Crippen LogP contribution in [0.3, 0.4) is 0 Å². The highest BCUT2D eigenvalue weighted by molar-refractivity contribution is 7.11. The van der Waals surface area contributed by atoms with E-state index < -0.39 is 0 Å². The molecule has 1 aromatic carbocycles. The first-order valence-electron chi connectivity index (χ1n) is 6.20. The summed E-state index contributed by atoms with van der Waals surface area (Å²) in [6.45, 7) is 4.60. The molecule has 2 aromatic rings. The van der Waals surface area contributed by atoms with Gasteiger partial charge in [0.25, 0.3) is 0 Å². The van der Waals surface area contributed by atoms with E-state index in [2.05, 4.69) is 0 Å². The van der Waals surface area contributed by atoms with Crippen molar-refractivity contribution in [2.45, 2.75) is 13.8 Å². The fourth-order valence-corrected chi connectivity index (χ4v) is 2.50. The molecule has 19 heavy (non-hydrogen) atoms. The van der Waals surface area contributed by atoms with Gasteiger partial charge in [-0.25, -0.2) is 0 Å². The second kappa shape index (κ2) is 6.34. The summed E-state index contributed by atoms with van der Waals surface area (Å²) in [5.41, 5.74) is 1.87. The van der Waals surface area contributed by atoms with Gasteiger partial charge in [-0.05, 0) is 67.3 Å². The minimum Gasteiger partial charge on any atom is -0.494 e. The van der Waals surface area contributed by atoms with Gasteiger partial charge in [0, 0.05) is 10.4 Å². The van der Waals surface area contributed by atoms with Crippen LogP contribution < -0.4 is 4.74 Å². The summed E-state index contributed by atoms with van der Waals surface area (Å²) in [5, 5.41) is 2.02. The lowest BCUT2D eigenvalue weighted by Gasteiger charge is -2.02. The monoisotopic (exact) mass is 272 g/mol. The Hall–Kier alpha value is -1.87. The Morgan fingerprint density at radius 2 is 2.00 bits per heavy atom. The van der Waals surface area contributed by atoms with Crippen LogP contribution in [0.5, 0.6) is 5.75 Å². The van der Waals surface area contributed by atoms with Crippen LogP contribution >= 0.6 is 11.3 Å². The third kappa shape index (κ3) is 3.55. The molecule has 0 atom stereocenters. The number of hydrogen-bond acceptors (Lipinski definition) is 3. The molecule has 0 unspecified atom stereocenters. The molecule has 1 aromatic heterocycles. The predicted molar refractivity (Wildman–Crippen MR) is 80.0 cm³/mol. The van der Waals surface area contributed by atoms with Crippen molar-refractivity contribution in [3.63, 3.8) is 0 Å². The lowest BCUT2D eigenvalue weighted by atomic mass is 10.1. The van der Waals surface area contributed by atoms with E-state index in [1.54, 1.807) is 29.5 Å². The maximum Gasteiger partial charge on any atom is 0.185 e. The molecule has 0 fully saturated rings. The summed E-state index contributed by atoms with van der Waals surface area (Å²) < 4.78 is 5.35. The van der Waals surface area contributed by atoms with Crippen molar-refractivity contribution in [3.8, 4) is 5.75 Å². The van der Waals surface area contributed by atoms with Gasteiger partial charge in [0.1, 0.15) is 5.75 Å². The fraction of sp³-hybridized carbons (Fsp3) is 0.188. The molecule has 98 valence electrons. The van der Waals surface area contributed by atoms with E-state index in [4.69, 9.17) is 4.74 Å². The van der Waals surface area contributed by atoms with Crippen LogP contribution in [0.2, 0.25) is 0 Å². The number of hydrogen-bond donors (Lipinski definition) is 0. The van der Waals surface area contributed by atoms with Gasteiger partial charge in [0.2, 0.25) is 0 Å². The summed E-state index contributed by atoms with van der Waals surface area (Å²) in [4.78, 5) is 13.1. The molecule has 0 saturated heterocycles. The molecule has 2 rings (SSSR count). The standard InChI is InChI=1S/C16H16O2S/c1-3-18-14-6-4-13(5-7-14)15(17)8-9-16-12(2)10-11-19-16/h4-11H,3H2,1-2H3/b9-8+. The highest BCUT2D eigenvalue weighted by Gasteiger charge is 2.03. The van der Waals surface area contributed by atoms with Crippen LogP contribution in [0.15, 0.2) is 41.8 Å². The normalized spacial score (nSPS) is 10.8. The number of rotatable bonds is 5. The number of thiophene rings is 1. The Bertz CT molecular complexity index is 579. The third-order valence-corrected chi connectivity index (χ3v) is 3.72. The summed E-state index contributed by atoms with van der Waals surface area (Å²) in [5.74, 6) is 0.799. The zero-order chi connectivity index (χ0) is 13.7. The second-order valence-corrected chi connectivity index (χ2v) is 5.07. The molecule has 2 nitrogen and oxygen atoms in total. The van der Waals surface area contributed by atoms with Gasteiger partial charge < -0.3 is 4.74 Å². The molecule has 0 radical (unpaired) electrons. The molecule has 0 N–H and O–H groups in total. The number of allylic oxidation sites excluding steroid dienone is 1. The Balaban J connectivity index is 2.07. The van der Waals surface area contributed by atoms with Crippen molar-refractivity contribution in [3.05, 3.63) is 57.8 Å². The van der Waals surface area contributed by atoms with E-state index in [0.29, 0.717) is 12.2 Å². The maximum absolute atomic E-state index is 12.0. The van der Waals surface area contributed by atoms with E-state index in [1.165, 1.54) is 5.56 Å². The van der Waals surface area contributed by atoms with E-state index in [0.717, 1.165) is 10.6 Å². The molecule has 0 saturated carbocycles. The van der Waals surface area contributed by atoms with Crippen molar-refractivity contribution in [1.29, 1.82) is 0 Å². The van der Waals surface area contributed by atoms with Gasteiger partial charge in [0.05, 0.1) is 6.61 Å². The summed E-state index contributed by atoms with van der Waals surface area (Å²) >= 11 is 1.64. The van der Waals surface area contributed by atoms with Crippen LogP contribution in [0.1, 0.15) is 27.7 Å². The van der Waals surface area contributed by atoms with Gasteiger partial charge in [-0.2, -0.15) is 0 Å². The number of benzene rings is 1. The second-order valence-electron chi connectivity index (χ2n) is 4.12. The molecule has 0 aliphatic rings. The fourth-order valence-electron chi connectivity index (χ4n) is 1.68. The lowest BCUT2D eigenvalue weighted by molar-refractivity contribution is 0.104. The third-order valence-electron chi connectivity index (χ3n) is 2.74. The zero-order valence-electron chi connectivity index (χ0n) is 11.1. The topological polar surface area (TPSA) is 26.3 Å². The largest absolute Gasteiger partial charge is 0.494 e. The molecule has 0 bridgehead atoms. The summed E-state index contributed by atoms with van der Waals surface area (Å²) in [6.07, 6.45) is 3.49. The van der Waals surface area contributed by atoms with Gasteiger partial charge in [-0.15, -0.1) is 11.3 Å². The Morgan fingerprint density at radius 1 is 1.26 bits per heavy atom. The van der Waals surface area contributed by atoms with Crippen LogP contribution in [-0.2, 0) is 0 Å². The van der Waals surface area contributed by atoms with Gasteiger partial charge in [0.15, 0.2) is 5.78 Å². The minimum absolute atomic E-state index is 0.0100. The highest BCUT2D eigenvalue weighted by atomic mass is 32.1. The van der Waals surface area contributed by atoms with Crippen molar-refractivity contribution < 1.29 is 9.53 Å². The highest BCUT2D eigenvalue weighted by Crippen LogP contribution is 2.18. The SMILES string of the molecule is CCOc1ccc(C(=O)/C=C/c2sccc2C)cc1. The van der Waals surface area contributed by atoms with Gasteiger partial charge in [-0.3, -0.25) is 4.79 Å². The van der Waals surface area contributed by atoms with E-state index in [-0.39, 0.29) is 5.78 Å². The summed E-state index contributed by atoms with van der Waals surface area (Å²) in [7, 11) is 0.